The summed E-state index contributed by atoms with van der Waals surface area (Å²) in [4.78, 5) is 51.0. The molecule has 2 aromatic rings. The Morgan fingerprint density at radius 2 is 1.97 bits per heavy atom. The molecule has 4 N–H and O–H groups in total. The van der Waals surface area contributed by atoms with Gasteiger partial charge in [0.15, 0.2) is 0 Å². The van der Waals surface area contributed by atoms with Gasteiger partial charge >= 0.3 is 6.09 Å². The monoisotopic (exact) mass is 520 g/mol. The van der Waals surface area contributed by atoms with Crippen LogP contribution in [0, 0.1) is 24.1 Å². The van der Waals surface area contributed by atoms with E-state index in [1.807, 2.05) is 0 Å². The van der Waals surface area contributed by atoms with Gasteiger partial charge < -0.3 is 32.6 Å². The van der Waals surface area contributed by atoms with Crippen LogP contribution in [0.5, 0.6) is 0 Å². The van der Waals surface area contributed by atoms with Crippen molar-refractivity contribution in [3.63, 3.8) is 0 Å². The molecular formula is C20H25N5O6Y-2. The predicted molar refractivity (Wildman–Crippen MR) is 112 cm³/mol. The minimum atomic E-state index is -1.26. The van der Waals surface area contributed by atoms with Gasteiger partial charge in [0.05, 0.1) is 4.92 Å². The number of H-pyrrole nitrogens is 1. The van der Waals surface area contributed by atoms with Gasteiger partial charge in [-0.15, -0.1) is 0 Å². The summed E-state index contributed by atoms with van der Waals surface area (Å²) in [6.07, 6.45) is 0.663. The topological polar surface area (TPSA) is 161 Å². The van der Waals surface area contributed by atoms with Crippen molar-refractivity contribution >= 4 is 34.5 Å². The van der Waals surface area contributed by atoms with E-state index in [1.165, 1.54) is 12.1 Å². The second-order valence-corrected chi connectivity index (χ2v) is 7.93. The number of aromatic amines is 1. The van der Waals surface area contributed by atoms with Crippen LogP contribution < -0.4 is 11.1 Å². The fourth-order valence-electron chi connectivity index (χ4n) is 2.83. The summed E-state index contributed by atoms with van der Waals surface area (Å²) >= 11 is 0. The van der Waals surface area contributed by atoms with E-state index in [0.29, 0.717) is 16.5 Å². The zero-order valence-corrected chi connectivity index (χ0v) is 20.9. The van der Waals surface area contributed by atoms with Crippen LogP contribution in [0.3, 0.4) is 0 Å². The van der Waals surface area contributed by atoms with E-state index >= 15 is 0 Å². The molecule has 3 amide bonds. The number of nitrogens with one attached hydrogen (secondary N) is 2. The van der Waals surface area contributed by atoms with Crippen molar-refractivity contribution in [1.29, 1.82) is 0 Å². The first-order valence-electron chi connectivity index (χ1n) is 9.30. The van der Waals surface area contributed by atoms with Crippen molar-refractivity contribution in [2.45, 2.75) is 44.9 Å². The number of benzene rings is 1. The average Bonchev–Trinajstić information content (AvgIpc) is 3.06. The van der Waals surface area contributed by atoms with Crippen LogP contribution in [-0.2, 0) is 53.5 Å². The molecule has 0 saturated carbocycles. The smallest absolute Gasteiger partial charge is 0.408 e. The van der Waals surface area contributed by atoms with Crippen LogP contribution in [0.2, 0.25) is 0 Å². The molecule has 2 rings (SSSR count). The van der Waals surface area contributed by atoms with Crippen LogP contribution in [0.15, 0.2) is 24.4 Å². The van der Waals surface area contributed by atoms with Gasteiger partial charge in [0.1, 0.15) is 11.6 Å². The van der Waals surface area contributed by atoms with Crippen molar-refractivity contribution in [1.82, 2.24) is 15.2 Å². The standard InChI is InChI=1S/C20H25N5O6.Y/c1-11(17(21)26)24(5)18(27)16(23-19(28)31-20(2,3)4)8-12-10-22-15-7-6-13(25(29)30)9-14(12)15;/h6-7,9-11,16,22H,1,5,8H2,2-4H3,(H2,21,26)(H,23,28);/q-2;. The summed E-state index contributed by atoms with van der Waals surface area (Å²) in [5.41, 5.74) is 5.40. The molecule has 0 aliphatic heterocycles. The van der Waals surface area contributed by atoms with E-state index < -0.39 is 40.5 Å². The molecule has 1 aromatic carbocycles. The predicted octanol–water partition coefficient (Wildman–Crippen LogP) is 1.82. The summed E-state index contributed by atoms with van der Waals surface area (Å²) in [6.45, 7) is 8.49. The normalized spacial score (nSPS) is 12.9. The van der Waals surface area contributed by atoms with Gasteiger partial charge in [-0.25, -0.2) is 4.79 Å². The van der Waals surface area contributed by atoms with Crippen molar-refractivity contribution < 1.29 is 56.8 Å². The van der Waals surface area contributed by atoms with E-state index in [1.54, 1.807) is 33.0 Å². The number of alkyl carbamates (subject to hydrolysis) is 1. The van der Waals surface area contributed by atoms with Gasteiger partial charge in [-0.05, 0) is 38.4 Å². The van der Waals surface area contributed by atoms with E-state index in [9.17, 15) is 24.5 Å². The number of nitro benzene ring substituents is 1. The second kappa shape index (κ2) is 10.9. The average molecular weight is 520 g/mol. The van der Waals surface area contributed by atoms with E-state index in [0.717, 1.165) is 4.90 Å². The first-order valence-corrected chi connectivity index (χ1v) is 9.30. The van der Waals surface area contributed by atoms with Gasteiger partial charge in [0.25, 0.3) is 5.69 Å². The van der Waals surface area contributed by atoms with Crippen molar-refractivity contribution in [3.05, 3.63) is 54.0 Å². The first-order chi connectivity index (χ1) is 14.3. The molecule has 0 aliphatic rings. The first kappa shape index (κ1) is 27.5. The van der Waals surface area contributed by atoms with E-state index in [2.05, 4.69) is 24.3 Å². The number of non-ortho nitro benzene ring substituents is 1. The van der Waals surface area contributed by atoms with Crippen LogP contribution in [0.4, 0.5) is 10.5 Å². The summed E-state index contributed by atoms with van der Waals surface area (Å²) < 4.78 is 5.22. The van der Waals surface area contributed by atoms with Gasteiger partial charge in [-0.1, -0.05) is 0 Å². The molecule has 0 bridgehead atoms. The van der Waals surface area contributed by atoms with Gasteiger partial charge in [0, 0.05) is 68.4 Å². The third-order valence-electron chi connectivity index (χ3n) is 4.36. The molecule has 32 heavy (non-hydrogen) atoms. The third-order valence-corrected chi connectivity index (χ3v) is 4.36. The van der Waals surface area contributed by atoms with Crippen LogP contribution >= 0.6 is 0 Å². The number of nitrogens with two attached hydrogens (primary N) is 1. The molecule has 1 heterocycles. The number of hydrogen-bond acceptors (Lipinski definition) is 6. The maximum absolute atomic E-state index is 13.0. The fourth-order valence-corrected chi connectivity index (χ4v) is 2.83. The maximum atomic E-state index is 13.0. The SMILES string of the molecule is [CH2-]C(C(N)=O)N([CH2-])C(=O)C(Cc1c[nH]c2ccc([N+](=O)[O-])cc12)NC(=O)OC(C)(C)C.[Y]. The second-order valence-electron chi connectivity index (χ2n) is 7.93. The molecule has 1 aromatic heterocycles. The zero-order chi connectivity index (χ0) is 23.5. The number of fused-ring (bicyclic) bond motifs is 1. The Morgan fingerprint density at radius 3 is 2.50 bits per heavy atom. The molecule has 2 atom stereocenters. The molecule has 0 spiro atoms. The van der Waals surface area contributed by atoms with Crippen LogP contribution in [-0.4, -0.2) is 50.4 Å². The van der Waals surface area contributed by atoms with Crippen LogP contribution in [0.25, 0.3) is 10.9 Å². The van der Waals surface area contributed by atoms with Crippen molar-refractivity contribution in [2.75, 3.05) is 0 Å². The molecule has 0 saturated heterocycles. The largest absolute Gasteiger partial charge is 0.508 e. The van der Waals surface area contributed by atoms with E-state index in [-0.39, 0.29) is 44.8 Å². The molecule has 1 radical (unpaired) electrons. The number of hydrogen-bond donors (Lipinski definition) is 3. The summed E-state index contributed by atoms with van der Waals surface area (Å²) in [5, 5.41) is 14.1. The number of nitro groups is 1. The number of aromatic nitrogens is 1. The van der Waals surface area contributed by atoms with Gasteiger partial charge in [0.2, 0.25) is 11.8 Å². The summed E-state index contributed by atoms with van der Waals surface area (Å²) in [7, 11) is 3.52. The number of primary amides is 1. The minimum absolute atomic E-state index is 0. The minimum Gasteiger partial charge on any atom is -0.508 e. The number of carbonyl (C=O) groups is 3. The Labute approximate surface area is 210 Å². The summed E-state index contributed by atoms with van der Waals surface area (Å²) in [6, 6.07) is 1.80. The number of rotatable bonds is 7. The van der Waals surface area contributed by atoms with Crippen molar-refractivity contribution in [3.8, 4) is 0 Å². The Bertz CT molecular complexity index is 1020. The Hall–Kier alpha value is -2.53. The summed E-state index contributed by atoms with van der Waals surface area (Å²) in [5.74, 6) is -1.61. The maximum Gasteiger partial charge on any atom is 0.408 e. The molecule has 0 fully saturated rings. The molecule has 171 valence electrons. The van der Waals surface area contributed by atoms with Gasteiger partial charge in [-0.2, -0.15) is 0 Å². The molecule has 2 unspecified atom stereocenters. The molecule has 0 aliphatic carbocycles. The Morgan fingerprint density at radius 1 is 1.34 bits per heavy atom. The van der Waals surface area contributed by atoms with Gasteiger partial charge in [-0.3, -0.25) is 26.8 Å². The Balaban J connectivity index is 0.00000512. The fraction of sp³-hybridized carbons (Fsp3) is 0.350. The number of ether oxygens (including phenoxy) is 1. The molecule has 11 nitrogen and oxygen atoms in total. The number of nitrogens with zero attached hydrogens (tertiary/aromatic N) is 2. The molecule has 12 heteroatoms. The number of amides is 3. The number of carbonyl (C=O) groups excluding carboxylic acids is 3. The van der Waals surface area contributed by atoms with Crippen LogP contribution in [0.1, 0.15) is 26.3 Å². The zero-order valence-electron chi connectivity index (χ0n) is 18.1. The Kier molecular flexibility index (Phi) is 9.34. The molecular weight excluding hydrogens is 495 g/mol. The third kappa shape index (κ3) is 6.99. The van der Waals surface area contributed by atoms with E-state index in [4.69, 9.17) is 10.5 Å². The van der Waals surface area contributed by atoms with Crippen molar-refractivity contribution in [2.24, 2.45) is 5.73 Å². The quantitative estimate of drug-likeness (QED) is 0.287.